The fraction of sp³-hybridized carbons (Fsp3) is 0.227. The molecule has 3 aromatic carbocycles. The van der Waals surface area contributed by atoms with Gasteiger partial charge >= 0.3 is 0 Å². The number of methoxy groups -OCH3 is 2. The van der Waals surface area contributed by atoms with E-state index in [-0.39, 0.29) is 18.6 Å². The Balaban J connectivity index is 1.67. The van der Waals surface area contributed by atoms with Crippen molar-refractivity contribution in [1.29, 1.82) is 0 Å². The second kappa shape index (κ2) is 8.45. The van der Waals surface area contributed by atoms with Crippen molar-refractivity contribution in [3.63, 3.8) is 0 Å². The molecule has 5 heteroatoms. The summed E-state index contributed by atoms with van der Waals surface area (Å²) in [7, 11) is 3.20. The van der Waals surface area contributed by atoms with Gasteiger partial charge in [0.1, 0.15) is 17.2 Å². The highest BCUT2D eigenvalue weighted by molar-refractivity contribution is 5.88. The van der Waals surface area contributed by atoms with E-state index in [0.717, 1.165) is 16.3 Å². The average Bonchev–Trinajstić information content (AvgIpc) is 2.71. The molecule has 0 bridgehead atoms. The van der Waals surface area contributed by atoms with Gasteiger partial charge in [0.15, 0.2) is 6.61 Å². The number of nitrogens with one attached hydrogen (secondary N) is 1. The van der Waals surface area contributed by atoms with E-state index in [1.807, 2.05) is 67.6 Å². The van der Waals surface area contributed by atoms with Gasteiger partial charge in [-0.1, -0.05) is 36.4 Å². The normalized spacial score (nSPS) is 11.7. The second-order valence-electron chi connectivity index (χ2n) is 6.16. The summed E-state index contributed by atoms with van der Waals surface area (Å²) < 4.78 is 16.4. The van der Waals surface area contributed by atoms with Crippen molar-refractivity contribution < 1.29 is 19.0 Å². The number of amides is 1. The Bertz CT molecular complexity index is 933. The molecule has 0 aliphatic heterocycles. The molecule has 1 amide bonds. The SMILES string of the molecule is COc1ccc(OC)c([C@@H](C)NC(=O)COc2cccc3ccccc23)c1. The number of carbonyl (C=O) groups excluding carboxylic acids is 1. The van der Waals surface area contributed by atoms with Crippen LogP contribution in [-0.2, 0) is 4.79 Å². The zero-order valence-corrected chi connectivity index (χ0v) is 15.7. The Morgan fingerprint density at radius 3 is 2.52 bits per heavy atom. The maximum Gasteiger partial charge on any atom is 0.258 e. The van der Waals surface area contributed by atoms with Crippen LogP contribution < -0.4 is 19.5 Å². The van der Waals surface area contributed by atoms with Crippen LogP contribution in [0.25, 0.3) is 10.8 Å². The quantitative estimate of drug-likeness (QED) is 0.684. The van der Waals surface area contributed by atoms with E-state index in [1.54, 1.807) is 14.2 Å². The summed E-state index contributed by atoms with van der Waals surface area (Å²) in [5, 5.41) is 5.00. The van der Waals surface area contributed by atoms with Gasteiger partial charge in [-0.25, -0.2) is 0 Å². The summed E-state index contributed by atoms with van der Waals surface area (Å²) in [5.74, 6) is 1.88. The van der Waals surface area contributed by atoms with Gasteiger partial charge in [0.25, 0.3) is 5.91 Å². The molecule has 0 unspecified atom stereocenters. The molecule has 27 heavy (non-hydrogen) atoms. The van der Waals surface area contributed by atoms with Gasteiger partial charge in [-0.3, -0.25) is 4.79 Å². The molecule has 140 valence electrons. The van der Waals surface area contributed by atoms with E-state index in [0.29, 0.717) is 17.2 Å². The van der Waals surface area contributed by atoms with Gasteiger partial charge in [0, 0.05) is 10.9 Å². The molecule has 0 aliphatic rings. The highest BCUT2D eigenvalue weighted by atomic mass is 16.5. The lowest BCUT2D eigenvalue weighted by atomic mass is 10.1. The van der Waals surface area contributed by atoms with Gasteiger partial charge in [-0.15, -0.1) is 0 Å². The number of hydrogen-bond acceptors (Lipinski definition) is 4. The number of benzene rings is 3. The maximum absolute atomic E-state index is 12.4. The predicted molar refractivity (Wildman–Crippen MR) is 106 cm³/mol. The van der Waals surface area contributed by atoms with Crippen LogP contribution in [0.15, 0.2) is 60.7 Å². The number of carbonyl (C=O) groups is 1. The monoisotopic (exact) mass is 365 g/mol. The molecule has 0 spiro atoms. The summed E-state index contributed by atoms with van der Waals surface area (Å²) >= 11 is 0. The second-order valence-corrected chi connectivity index (χ2v) is 6.16. The molecule has 0 aromatic heterocycles. The Hall–Kier alpha value is -3.21. The third-order valence-corrected chi connectivity index (χ3v) is 4.39. The molecule has 3 rings (SSSR count). The Kier molecular flexibility index (Phi) is 5.81. The van der Waals surface area contributed by atoms with Gasteiger partial charge < -0.3 is 19.5 Å². The molecule has 0 radical (unpaired) electrons. The highest BCUT2D eigenvalue weighted by Crippen LogP contribution is 2.29. The first-order chi connectivity index (χ1) is 13.1. The van der Waals surface area contributed by atoms with Crippen LogP contribution in [0.2, 0.25) is 0 Å². The first kappa shape index (κ1) is 18.6. The molecular formula is C22H23NO4. The van der Waals surface area contributed by atoms with Crippen molar-refractivity contribution in [3.05, 3.63) is 66.2 Å². The van der Waals surface area contributed by atoms with Crippen molar-refractivity contribution >= 4 is 16.7 Å². The smallest absolute Gasteiger partial charge is 0.258 e. The molecular weight excluding hydrogens is 342 g/mol. The third-order valence-electron chi connectivity index (χ3n) is 4.39. The topological polar surface area (TPSA) is 56.8 Å². The molecule has 1 N–H and O–H groups in total. The van der Waals surface area contributed by atoms with Crippen molar-refractivity contribution in [2.75, 3.05) is 20.8 Å². The van der Waals surface area contributed by atoms with Gasteiger partial charge in [0.2, 0.25) is 0 Å². The number of ether oxygens (including phenoxy) is 3. The van der Waals surface area contributed by atoms with E-state index in [2.05, 4.69) is 5.32 Å². The lowest BCUT2D eigenvalue weighted by molar-refractivity contribution is -0.123. The van der Waals surface area contributed by atoms with Crippen LogP contribution in [-0.4, -0.2) is 26.7 Å². The zero-order chi connectivity index (χ0) is 19.2. The Morgan fingerprint density at radius 1 is 0.963 bits per heavy atom. The number of hydrogen-bond donors (Lipinski definition) is 1. The highest BCUT2D eigenvalue weighted by Gasteiger charge is 2.16. The number of rotatable bonds is 7. The zero-order valence-electron chi connectivity index (χ0n) is 15.7. The third kappa shape index (κ3) is 4.31. The fourth-order valence-electron chi connectivity index (χ4n) is 3.00. The molecule has 5 nitrogen and oxygen atoms in total. The van der Waals surface area contributed by atoms with Gasteiger partial charge in [-0.2, -0.15) is 0 Å². The first-order valence-corrected chi connectivity index (χ1v) is 8.74. The van der Waals surface area contributed by atoms with E-state index in [1.165, 1.54) is 0 Å². The molecule has 0 heterocycles. The standard InChI is InChI=1S/C22H23NO4/c1-15(19-13-17(25-2)11-12-20(19)26-3)23-22(24)14-27-21-10-6-8-16-7-4-5-9-18(16)21/h4-13,15H,14H2,1-3H3,(H,23,24)/t15-/m1/s1. The molecule has 0 aliphatic carbocycles. The van der Waals surface area contributed by atoms with E-state index in [4.69, 9.17) is 14.2 Å². The van der Waals surface area contributed by atoms with Crippen LogP contribution in [0.4, 0.5) is 0 Å². The fourth-order valence-corrected chi connectivity index (χ4v) is 3.00. The number of fused-ring (bicyclic) bond motifs is 1. The molecule has 0 saturated heterocycles. The largest absolute Gasteiger partial charge is 0.497 e. The lowest BCUT2D eigenvalue weighted by Gasteiger charge is -2.18. The summed E-state index contributed by atoms with van der Waals surface area (Å²) in [6.07, 6.45) is 0. The van der Waals surface area contributed by atoms with Crippen LogP contribution in [0, 0.1) is 0 Å². The van der Waals surface area contributed by atoms with Crippen molar-refractivity contribution in [2.45, 2.75) is 13.0 Å². The van der Waals surface area contributed by atoms with Crippen molar-refractivity contribution in [3.8, 4) is 17.2 Å². The van der Waals surface area contributed by atoms with Crippen LogP contribution in [0.1, 0.15) is 18.5 Å². The summed E-state index contributed by atoms with van der Waals surface area (Å²) in [6, 6.07) is 19.0. The van der Waals surface area contributed by atoms with E-state index in [9.17, 15) is 4.79 Å². The first-order valence-electron chi connectivity index (χ1n) is 8.74. The van der Waals surface area contributed by atoms with Crippen molar-refractivity contribution in [2.24, 2.45) is 0 Å². The van der Waals surface area contributed by atoms with Gasteiger partial charge in [-0.05, 0) is 36.6 Å². The molecule has 0 saturated carbocycles. The minimum atomic E-state index is -0.251. The molecule has 1 atom stereocenters. The van der Waals surface area contributed by atoms with E-state index >= 15 is 0 Å². The maximum atomic E-state index is 12.4. The summed E-state index contributed by atoms with van der Waals surface area (Å²) in [5.41, 5.74) is 0.843. The average molecular weight is 365 g/mol. The van der Waals surface area contributed by atoms with Gasteiger partial charge in [0.05, 0.1) is 20.3 Å². The Morgan fingerprint density at radius 2 is 1.74 bits per heavy atom. The minimum absolute atomic E-state index is 0.0648. The van der Waals surface area contributed by atoms with Crippen LogP contribution in [0.5, 0.6) is 17.2 Å². The summed E-state index contributed by atoms with van der Waals surface area (Å²) in [4.78, 5) is 12.4. The molecule has 0 fully saturated rings. The predicted octanol–water partition coefficient (Wildman–Crippen LogP) is 4.11. The summed E-state index contributed by atoms with van der Waals surface area (Å²) in [6.45, 7) is 1.83. The van der Waals surface area contributed by atoms with E-state index < -0.39 is 0 Å². The molecule has 3 aromatic rings. The van der Waals surface area contributed by atoms with Crippen LogP contribution >= 0.6 is 0 Å². The van der Waals surface area contributed by atoms with Crippen molar-refractivity contribution in [1.82, 2.24) is 5.32 Å². The van der Waals surface area contributed by atoms with Crippen LogP contribution in [0.3, 0.4) is 0 Å². The Labute approximate surface area is 158 Å². The minimum Gasteiger partial charge on any atom is -0.497 e. The lowest BCUT2D eigenvalue weighted by Crippen LogP contribution is -2.31.